The molecule has 0 amide bonds. The van der Waals surface area contributed by atoms with Crippen molar-refractivity contribution in [3.8, 4) is 0 Å². The zero-order chi connectivity index (χ0) is 35.8. The first-order valence-corrected chi connectivity index (χ1v) is 16.5. The Morgan fingerprint density at radius 2 is 1.04 bits per heavy atom. The van der Waals surface area contributed by atoms with E-state index in [1.165, 1.54) is 45.8 Å². The van der Waals surface area contributed by atoms with Crippen LogP contribution in [-0.2, 0) is 51.0 Å². The molecule has 0 spiro atoms. The Morgan fingerprint density at radius 3 is 1.42 bits per heavy atom. The van der Waals surface area contributed by atoms with E-state index >= 15 is 0 Å². The van der Waals surface area contributed by atoms with Gasteiger partial charge in [-0.05, 0) is 27.7 Å². The molecule has 0 aromatic carbocycles. The molecular formula is C34H44N4O12. The molecule has 0 unspecified atom stereocenters. The maximum Gasteiger partial charge on any atom is 0.333 e. The van der Waals surface area contributed by atoms with Crippen LogP contribution in [0.3, 0.4) is 0 Å². The highest BCUT2D eigenvalue weighted by Gasteiger charge is 2.57. The first-order valence-electron chi connectivity index (χ1n) is 16.5. The van der Waals surface area contributed by atoms with E-state index in [4.69, 9.17) is 37.9 Å². The minimum atomic E-state index is -0.912. The minimum Gasteiger partial charge on any atom is -0.375 e. The second-order valence-electron chi connectivity index (χ2n) is 13.3. The van der Waals surface area contributed by atoms with Gasteiger partial charge in [-0.3, -0.25) is 27.9 Å². The number of hydrogen-bond acceptors (Lipinski definition) is 12. The van der Waals surface area contributed by atoms with Crippen LogP contribution >= 0.6 is 0 Å². The van der Waals surface area contributed by atoms with Gasteiger partial charge in [0.15, 0.2) is 24.0 Å². The zero-order valence-corrected chi connectivity index (χ0v) is 28.6. The number of fused-ring (bicyclic) bond motifs is 2. The summed E-state index contributed by atoms with van der Waals surface area (Å²) in [6, 6.07) is 2.52. The van der Waals surface area contributed by atoms with Crippen LogP contribution in [0.15, 0.2) is 81.2 Å². The molecule has 0 N–H and O–H groups in total. The number of ether oxygens (including phenoxy) is 8. The predicted molar refractivity (Wildman–Crippen MR) is 177 cm³/mol. The summed E-state index contributed by atoms with van der Waals surface area (Å²) in [7, 11) is 0. The average Bonchev–Trinajstić information content (AvgIpc) is 3.75. The van der Waals surface area contributed by atoms with E-state index in [0.29, 0.717) is 13.2 Å². The third kappa shape index (κ3) is 7.20. The molecule has 4 saturated heterocycles. The van der Waals surface area contributed by atoms with E-state index in [1.807, 2.05) is 0 Å². The molecule has 50 heavy (non-hydrogen) atoms. The maximum absolute atomic E-state index is 13.6. The van der Waals surface area contributed by atoms with Crippen molar-refractivity contribution in [3.05, 3.63) is 104 Å². The summed E-state index contributed by atoms with van der Waals surface area (Å²) in [5.41, 5.74) is -2.35. The topological polar surface area (TPSA) is 162 Å². The molecule has 272 valence electrons. The number of rotatable bonds is 14. The zero-order valence-electron chi connectivity index (χ0n) is 28.6. The normalized spacial score (nSPS) is 30.9. The largest absolute Gasteiger partial charge is 0.375 e. The molecule has 2 aromatic heterocycles. The summed E-state index contributed by atoms with van der Waals surface area (Å²) in [6.07, 6.45) is 3.96. The van der Waals surface area contributed by atoms with Crippen molar-refractivity contribution in [1.29, 1.82) is 0 Å². The van der Waals surface area contributed by atoms with Gasteiger partial charge >= 0.3 is 11.4 Å². The molecule has 4 fully saturated rings. The number of aromatic nitrogens is 4. The van der Waals surface area contributed by atoms with Gasteiger partial charge in [0, 0.05) is 37.6 Å². The molecule has 2 aromatic rings. The molecule has 16 nitrogen and oxygen atoms in total. The molecule has 4 aliphatic heterocycles. The van der Waals surface area contributed by atoms with E-state index in [-0.39, 0.29) is 26.3 Å². The number of hydrogen-bond donors (Lipinski definition) is 0. The molecule has 8 atom stereocenters. The minimum absolute atomic E-state index is 0.133. The lowest BCUT2D eigenvalue weighted by Gasteiger charge is -2.25. The van der Waals surface area contributed by atoms with Crippen LogP contribution in [0, 0.1) is 0 Å². The number of nitrogens with zero attached hydrogens (tertiary/aromatic N) is 4. The predicted octanol–water partition coefficient (Wildman–Crippen LogP) is 0.830. The van der Waals surface area contributed by atoms with Crippen LogP contribution in [0.5, 0.6) is 0 Å². The first kappa shape index (κ1) is 36.1. The summed E-state index contributed by atoms with van der Waals surface area (Å²) >= 11 is 0. The lowest BCUT2D eigenvalue weighted by atomic mass is 10.1. The highest BCUT2D eigenvalue weighted by molar-refractivity contribution is 5.02. The fourth-order valence-electron chi connectivity index (χ4n) is 6.72. The molecular weight excluding hydrogens is 656 g/mol. The van der Waals surface area contributed by atoms with Gasteiger partial charge in [-0.2, -0.15) is 0 Å². The quantitative estimate of drug-likeness (QED) is 0.202. The third-order valence-electron chi connectivity index (χ3n) is 8.77. The second-order valence-corrected chi connectivity index (χ2v) is 13.3. The van der Waals surface area contributed by atoms with Crippen molar-refractivity contribution in [3.63, 3.8) is 0 Å². The monoisotopic (exact) mass is 700 g/mol. The third-order valence-corrected chi connectivity index (χ3v) is 8.77. The fourth-order valence-corrected chi connectivity index (χ4v) is 6.72. The van der Waals surface area contributed by atoms with Gasteiger partial charge in [0.2, 0.25) is 0 Å². The van der Waals surface area contributed by atoms with Crippen molar-refractivity contribution in [2.24, 2.45) is 0 Å². The van der Waals surface area contributed by atoms with Gasteiger partial charge in [-0.25, -0.2) is 9.59 Å². The van der Waals surface area contributed by atoms with Crippen LogP contribution in [0.25, 0.3) is 0 Å². The van der Waals surface area contributed by atoms with Crippen LogP contribution in [0.1, 0.15) is 40.2 Å². The van der Waals surface area contributed by atoms with E-state index in [0.717, 1.165) is 9.13 Å². The molecule has 6 heterocycles. The Balaban J connectivity index is 1.18. The van der Waals surface area contributed by atoms with Crippen molar-refractivity contribution < 1.29 is 37.9 Å². The Labute approximate surface area is 287 Å². The summed E-state index contributed by atoms with van der Waals surface area (Å²) < 4.78 is 52.5. The molecule has 0 aliphatic carbocycles. The van der Waals surface area contributed by atoms with Crippen molar-refractivity contribution >= 4 is 0 Å². The number of allylic oxidation sites excluding steroid dienone is 2. The van der Waals surface area contributed by atoms with E-state index in [1.54, 1.807) is 39.8 Å². The first-order chi connectivity index (χ1) is 23.8. The molecule has 0 bridgehead atoms. The van der Waals surface area contributed by atoms with Gasteiger partial charge < -0.3 is 37.9 Å². The van der Waals surface area contributed by atoms with Crippen LogP contribution in [-0.4, -0.2) is 92.9 Å². The lowest BCUT2D eigenvalue weighted by Crippen LogP contribution is -2.43. The van der Waals surface area contributed by atoms with E-state index < -0.39 is 83.2 Å². The van der Waals surface area contributed by atoms with Crippen molar-refractivity contribution in [2.45, 2.75) is 101 Å². The Morgan fingerprint density at radius 1 is 0.660 bits per heavy atom. The lowest BCUT2D eigenvalue weighted by molar-refractivity contribution is -0.202. The van der Waals surface area contributed by atoms with Crippen molar-refractivity contribution in [2.75, 3.05) is 26.4 Å². The molecule has 0 radical (unpaired) electrons. The second kappa shape index (κ2) is 14.5. The SMILES string of the molecule is C=CCOC[C@H]1O[C@@H](n2ccc(=O)n(C/C=C/Cn3c(=O)ccn([C@@H]4O[C@H](COCC=C)[C@H]5OC(C)(C)O[C@H]54)c3=O)c2=O)[C@@H]2OC(C)(C)O[C@@H]21. The Kier molecular flexibility index (Phi) is 10.4. The summed E-state index contributed by atoms with van der Waals surface area (Å²) in [5.74, 6) is -1.82. The van der Waals surface area contributed by atoms with Gasteiger partial charge in [0.25, 0.3) is 11.1 Å². The van der Waals surface area contributed by atoms with E-state index in [2.05, 4.69) is 13.2 Å². The highest BCUT2D eigenvalue weighted by atomic mass is 16.8. The van der Waals surface area contributed by atoms with Crippen LogP contribution < -0.4 is 22.5 Å². The Bertz CT molecular complexity index is 1710. The molecule has 0 saturated carbocycles. The van der Waals surface area contributed by atoms with Gasteiger partial charge in [-0.1, -0.05) is 24.3 Å². The summed E-state index contributed by atoms with van der Waals surface area (Å²) in [4.78, 5) is 52.9. The van der Waals surface area contributed by atoms with Gasteiger partial charge in [-0.15, -0.1) is 13.2 Å². The van der Waals surface area contributed by atoms with Crippen LogP contribution in [0.4, 0.5) is 0 Å². The van der Waals surface area contributed by atoms with Crippen LogP contribution in [0.2, 0.25) is 0 Å². The Hall–Kier alpha value is -3.74. The highest BCUT2D eigenvalue weighted by Crippen LogP contribution is 2.43. The van der Waals surface area contributed by atoms with Crippen molar-refractivity contribution in [1.82, 2.24) is 18.3 Å². The van der Waals surface area contributed by atoms with Gasteiger partial charge in [0.05, 0.1) is 26.4 Å². The molecule has 6 rings (SSSR count). The molecule has 4 aliphatic rings. The maximum atomic E-state index is 13.6. The average molecular weight is 701 g/mol. The molecule has 16 heteroatoms. The smallest absolute Gasteiger partial charge is 0.333 e. The fraction of sp³-hybridized carbons (Fsp3) is 0.588. The summed E-state index contributed by atoms with van der Waals surface area (Å²) in [5, 5.41) is 0. The van der Waals surface area contributed by atoms with Gasteiger partial charge in [0.1, 0.15) is 36.6 Å². The summed E-state index contributed by atoms with van der Waals surface area (Å²) in [6.45, 7) is 15.2. The standard InChI is InChI=1S/C34H44N4O12/c1-7-17-43-19-21-25-27(49-33(3,4)47-25)29(45-21)37-15-11-23(39)35(31(37)41)13-9-10-14-36-24(40)12-16-38(32(36)42)30-28-26(48-34(5,6)50-28)22(46-30)20-44-18-8-2/h7-12,15-16,21-22,25-30H,1-2,13-14,17-20H2,3-6H3/b10-9+/t21-,22-,25-,26-,27-,28-,29-,30-/m1/s1. The van der Waals surface area contributed by atoms with E-state index in [9.17, 15) is 19.2 Å².